The van der Waals surface area contributed by atoms with Gasteiger partial charge in [0.15, 0.2) is 9.84 Å². The molecule has 2 saturated carbocycles. The van der Waals surface area contributed by atoms with Gasteiger partial charge in [0.05, 0.1) is 10.1 Å². The molecule has 0 saturated heterocycles. The Morgan fingerprint density at radius 3 is 2.00 bits per heavy atom. The lowest BCUT2D eigenvalue weighted by Gasteiger charge is -2.17. The van der Waals surface area contributed by atoms with Gasteiger partial charge in [0.1, 0.15) is 0 Å². The monoisotopic (exact) mass is 364 g/mol. The van der Waals surface area contributed by atoms with Crippen molar-refractivity contribution in [3.63, 3.8) is 0 Å². The molecule has 2 fully saturated rings. The molecule has 6 heteroatoms. The molecule has 138 valence electrons. The maximum Gasteiger partial charge on any atom is 0.319 e. The molecule has 0 atom stereocenters. The van der Waals surface area contributed by atoms with Gasteiger partial charge in [0.25, 0.3) is 0 Å². The molecule has 2 amide bonds. The summed E-state index contributed by atoms with van der Waals surface area (Å²) in [7, 11) is -3.24. The number of nitrogens with one attached hydrogen (secondary N) is 2. The first kappa shape index (κ1) is 18.2. The third-order valence-corrected chi connectivity index (χ3v) is 7.65. The van der Waals surface area contributed by atoms with E-state index in [9.17, 15) is 13.2 Å². The summed E-state index contributed by atoms with van der Waals surface area (Å²) in [5, 5.41) is 5.60. The molecule has 2 aliphatic carbocycles. The molecule has 2 aliphatic rings. The van der Waals surface area contributed by atoms with E-state index in [2.05, 4.69) is 10.6 Å². The first-order chi connectivity index (χ1) is 12.1. The van der Waals surface area contributed by atoms with Crippen molar-refractivity contribution in [1.82, 2.24) is 5.32 Å². The van der Waals surface area contributed by atoms with Crippen molar-refractivity contribution in [2.24, 2.45) is 0 Å². The average molecular weight is 365 g/mol. The van der Waals surface area contributed by atoms with E-state index in [1.54, 1.807) is 24.3 Å². The van der Waals surface area contributed by atoms with E-state index in [1.807, 2.05) is 0 Å². The van der Waals surface area contributed by atoms with Crippen LogP contribution < -0.4 is 10.6 Å². The number of benzene rings is 1. The molecule has 1 aromatic carbocycles. The summed E-state index contributed by atoms with van der Waals surface area (Å²) in [4.78, 5) is 12.5. The molecular formula is C19H28N2O3S. The van der Waals surface area contributed by atoms with Crippen LogP contribution >= 0.6 is 0 Å². The summed E-state index contributed by atoms with van der Waals surface area (Å²) in [6, 6.07) is 6.59. The maximum absolute atomic E-state index is 12.6. The van der Waals surface area contributed by atoms with Crippen molar-refractivity contribution in [2.45, 2.75) is 80.4 Å². The number of sulfone groups is 1. The van der Waals surface area contributed by atoms with Crippen molar-refractivity contribution in [3.8, 4) is 0 Å². The van der Waals surface area contributed by atoms with Crippen LogP contribution in [-0.2, 0) is 9.84 Å². The summed E-state index contributed by atoms with van der Waals surface area (Å²) in [5.74, 6) is 0. The van der Waals surface area contributed by atoms with Crippen LogP contribution in [0.2, 0.25) is 0 Å². The summed E-state index contributed by atoms with van der Waals surface area (Å²) in [6.45, 7) is 0. The Hall–Kier alpha value is -1.56. The van der Waals surface area contributed by atoms with Crippen LogP contribution in [0.3, 0.4) is 0 Å². The quantitative estimate of drug-likeness (QED) is 0.784. The van der Waals surface area contributed by atoms with Crippen molar-refractivity contribution in [3.05, 3.63) is 24.3 Å². The predicted molar refractivity (Wildman–Crippen MR) is 99.5 cm³/mol. The fourth-order valence-electron chi connectivity index (χ4n) is 3.90. The van der Waals surface area contributed by atoms with Crippen LogP contribution in [0.15, 0.2) is 29.2 Å². The van der Waals surface area contributed by atoms with Gasteiger partial charge >= 0.3 is 6.03 Å². The highest BCUT2D eigenvalue weighted by Gasteiger charge is 2.30. The fraction of sp³-hybridized carbons (Fsp3) is 0.632. The molecule has 0 bridgehead atoms. The number of carbonyl (C=O) groups is 1. The first-order valence-electron chi connectivity index (χ1n) is 9.47. The Morgan fingerprint density at radius 1 is 0.840 bits per heavy atom. The second kappa shape index (κ2) is 8.21. The van der Waals surface area contributed by atoms with E-state index >= 15 is 0 Å². The number of amides is 2. The molecule has 0 heterocycles. The Labute approximate surface area is 150 Å². The number of hydrogen-bond acceptors (Lipinski definition) is 3. The zero-order valence-corrected chi connectivity index (χ0v) is 15.5. The second-order valence-electron chi connectivity index (χ2n) is 7.26. The van der Waals surface area contributed by atoms with E-state index in [0.717, 1.165) is 38.5 Å². The highest BCUT2D eigenvalue weighted by Crippen LogP contribution is 2.30. The normalized spacial score (nSPS) is 20.2. The van der Waals surface area contributed by atoms with Gasteiger partial charge in [-0.25, -0.2) is 13.2 Å². The van der Waals surface area contributed by atoms with Crippen molar-refractivity contribution < 1.29 is 13.2 Å². The number of carbonyl (C=O) groups excluding carboxylic acids is 1. The van der Waals surface area contributed by atoms with Crippen LogP contribution in [0.4, 0.5) is 10.5 Å². The fourth-order valence-corrected chi connectivity index (χ4v) is 5.75. The molecule has 0 aromatic heterocycles. The molecule has 3 rings (SSSR count). The van der Waals surface area contributed by atoms with Gasteiger partial charge in [-0.1, -0.05) is 38.5 Å². The van der Waals surface area contributed by atoms with E-state index in [4.69, 9.17) is 0 Å². The molecule has 25 heavy (non-hydrogen) atoms. The zero-order valence-electron chi connectivity index (χ0n) is 14.7. The van der Waals surface area contributed by atoms with Gasteiger partial charge in [-0.05, 0) is 49.9 Å². The van der Waals surface area contributed by atoms with Crippen molar-refractivity contribution >= 4 is 21.6 Å². The minimum Gasteiger partial charge on any atom is -0.335 e. The molecule has 5 nitrogen and oxygen atoms in total. The van der Waals surface area contributed by atoms with Gasteiger partial charge in [-0.15, -0.1) is 0 Å². The highest BCUT2D eigenvalue weighted by atomic mass is 32.2. The Balaban J connectivity index is 1.57. The number of rotatable bonds is 4. The average Bonchev–Trinajstić information content (AvgIpc) is 3.03. The summed E-state index contributed by atoms with van der Waals surface area (Å²) in [6.07, 6.45) is 10.4. The number of urea groups is 1. The summed E-state index contributed by atoms with van der Waals surface area (Å²) >= 11 is 0. The van der Waals surface area contributed by atoms with Gasteiger partial charge < -0.3 is 10.6 Å². The van der Waals surface area contributed by atoms with Gasteiger partial charge in [-0.3, -0.25) is 0 Å². The van der Waals surface area contributed by atoms with Crippen LogP contribution in [0.1, 0.15) is 64.2 Å². The number of anilines is 1. The highest BCUT2D eigenvalue weighted by molar-refractivity contribution is 7.92. The van der Waals surface area contributed by atoms with E-state index in [1.165, 1.54) is 25.7 Å². The van der Waals surface area contributed by atoms with E-state index in [-0.39, 0.29) is 17.3 Å². The van der Waals surface area contributed by atoms with Crippen molar-refractivity contribution in [1.29, 1.82) is 0 Å². The molecule has 0 unspecified atom stereocenters. The van der Waals surface area contributed by atoms with Crippen LogP contribution in [-0.4, -0.2) is 25.7 Å². The third kappa shape index (κ3) is 4.75. The van der Waals surface area contributed by atoms with Crippen LogP contribution in [0.25, 0.3) is 0 Å². The molecule has 1 aromatic rings. The van der Waals surface area contributed by atoms with E-state index in [0.29, 0.717) is 10.6 Å². The molecule has 2 N–H and O–H groups in total. The Kier molecular flexibility index (Phi) is 5.99. The topological polar surface area (TPSA) is 75.3 Å². The van der Waals surface area contributed by atoms with Crippen molar-refractivity contribution in [2.75, 3.05) is 5.32 Å². The lowest BCUT2D eigenvalue weighted by atomic mass is 10.1. The molecule has 0 radical (unpaired) electrons. The van der Waals surface area contributed by atoms with Gasteiger partial charge in [0, 0.05) is 11.7 Å². The van der Waals surface area contributed by atoms with Crippen LogP contribution in [0, 0.1) is 0 Å². The number of hydrogen-bond donors (Lipinski definition) is 2. The standard InChI is InChI=1S/C19H28N2O3S/c22-19(20-15-7-3-1-2-4-8-15)21-16-11-13-18(14-12-16)25(23,24)17-9-5-6-10-17/h11-15,17H,1-10H2,(H2,20,21,22). The maximum atomic E-state index is 12.6. The minimum atomic E-state index is -3.24. The molecular weight excluding hydrogens is 336 g/mol. The minimum absolute atomic E-state index is 0.210. The Morgan fingerprint density at radius 2 is 1.40 bits per heavy atom. The van der Waals surface area contributed by atoms with Gasteiger partial charge in [0.2, 0.25) is 0 Å². The smallest absolute Gasteiger partial charge is 0.319 e. The zero-order chi connectivity index (χ0) is 17.7. The largest absolute Gasteiger partial charge is 0.335 e. The summed E-state index contributed by atoms with van der Waals surface area (Å²) < 4.78 is 25.1. The lowest BCUT2D eigenvalue weighted by Crippen LogP contribution is -2.37. The second-order valence-corrected chi connectivity index (χ2v) is 9.49. The van der Waals surface area contributed by atoms with Gasteiger partial charge in [-0.2, -0.15) is 0 Å². The Bertz CT molecular complexity index is 671. The summed E-state index contributed by atoms with van der Waals surface area (Å²) in [5.41, 5.74) is 0.622. The van der Waals surface area contributed by atoms with Crippen LogP contribution in [0.5, 0.6) is 0 Å². The molecule has 0 aliphatic heterocycles. The predicted octanol–water partition coefficient (Wildman–Crippen LogP) is 4.25. The first-order valence-corrected chi connectivity index (χ1v) is 11.0. The lowest BCUT2D eigenvalue weighted by molar-refractivity contribution is 0.247. The molecule has 0 spiro atoms. The third-order valence-electron chi connectivity index (χ3n) is 5.37. The van der Waals surface area contributed by atoms with E-state index < -0.39 is 9.84 Å². The SMILES string of the molecule is O=C(Nc1ccc(S(=O)(=O)C2CCCC2)cc1)NC1CCCCCC1.